The first-order chi connectivity index (χ1) is 13.1. The fourth-order valence-corrected chi connectivity index (χ4v) is 4.41. The van der Waals surface area contributed by atoms with Crippen molar-refractivity contribution in [2.75, 3.05) is 0 Å². The summed E-state index contributed by atoms with van der Waals surface area (Å²) in [6.07, 6.45) is 1.84. The Morgan fingerprint density at radius 1 is 1.00 bits per heavy atom. The molecule has 0 amide bonds. The first kappa shape index (κ1) is 17.7. The molecule has 2 aromatic heterocycles. The predicted molar refractivity (Wildman–Crippen MR) is 113 cm³/mol. The maximum atomic E-state index is 5.72. The van der Waals surface area contributed by atoms with E-state index in [2.05, 4.69) is 83.0 Å². The van der Waals surface area contributed by atoms with Gasteiger partial charge in [-0.1, -0.05) is 24.3 Å². The molecule has 0 bridgehead atoms. The Kier molecular flexibility index (Phi) is 4.70. The first-order valence-electron chi connectivity index (χ1n) is 9.31. The average molecular weight is 377 g/mol. The van der Waals surface area contributed by atoms with Gasteiger partial charge < -0.3 is 14.8 Å². The van der Waals surface area contributed by atoms with Gasteiger partial charge in [-0.05, 0) is 69.4 Å². The summed E-state index contributed by atoms with van der Waals surface area (Å²) in [5, 5.41) is 4.30. The van der Waals surface area contributed by atoms with Gasteiger partial charge in [0.15, 0.2) is 5.11 Å². The summed E-state index contributed by atoms with van der Waals surface area (Å²) < 4.78 is 2.33. The molecule has 27 heavy (non-hydrogen) atoms. The van der Waals surface area contributed by atoms with Crippen molar-refractivity contribution in [3.8, 4) is 5.69 Å². The minimum absolute atomic E-state index is 0.0119. The molecule has 4 nitrogen and oxygen atoms in total. The Morgan fingerprint density at radius 3 is 2.41 bits per heavy atom. The highest BCUT2D eigenvalue weighted by atomic mass is 32.1. The second kappa shape index (κ2) is 7.16. The Bertz CT molecular complexity index is 933. The molecule has 1 aliphatic heterocycles. The number of hydrogen-bond acceptors (Lipinski definition) is 2. The molecule has 4 rings (SSSR count). The SMILES string of the molecule is Cc1ccc([C@@H]2[C@H](c3ccccn3)NC(=S)N2C(C)C)n1-c1ccccc1. The molecule has 2 atom stereocenters. The van der Waals surface area contributed by atoms with Crippen LogP contribution < -0.4 is 5.32 Å². The van der Waals surface area contributed by atoms with Crippen LogP contribution in [0.2, 0.25) is 0 Å². The summed E-state index contributed by atoms with van der Waals surface area (Å²) >= 11 is 5.72. The van der Waals surface area contributed by atoms with E-state index in [1.807, 2.05) is 24.4 Å². The molecule has 1 N–H and O–H groups in total. The number of para-hydroxylation sites is 1. The molecule has 1 aromatic carbocycles. The van der Waals surface area contributed by atoms with Crippen molar-refractivity contribution in [2.45, 2.75) is 38.9 Å². The van der Waals surface area contributed by atoms with Gasteiger partial charge in [0.2, 0.25) is 0 Å². The van der Waals surface area contributed by atoms with Crippen molar-refractivity contribution in [2.24, 2.45) is 0 Å². The normalized spacial score (nSPS) is 19.6. The molecule has 3 heterocycles. The number of rotatable bonds is 4. The van der Waals surface area contributed by atoms with Crippen LogP contribution in [0.3, 0.4) is 0 Å². The van der Waals surface area contributed by atoms with Gasteiger partial charge in [-0.3, -0.25) is 4.98 Å². The fourth-order valence-electron chi connectivity index (χ4n) is 3.96. The van der Waals surface area contributed by atoms with E-state index in [-0.39, 0.29) is 18.1 Å². The number of aromatic nitrogens is 2. The Labute approximate surface area is 165 Å². The zero-order valence-corrected chi connectivity index (χ0v) is 16.6. The number of thiocarbonyl (C=S) groups is 1. The number of hydrogen-bond donors (Lipinski definition) is 1. The lowest BCUT2D eigenvalue weighted by Gasteiger charge is -2.32. The minimum atomic E-state index is 0.0119. The molecular formula is C22H24N4S. The smallest absolute Gasteiger partial charge is 0.170 e. The zero-order valence-electron chi connectivity index (χ0n) is 15.8. The van der Waals surface area contributed by atoms with E-state index in [0.29, 0.717) is 0 Å². The third-order valence-corrected chi connectivity index (χ3v) is 5.44. The molecule has 1 fully saturated rings. The van der Waals surface area contributed by atoms with Gasteiger partial charge >= 0.3 is 0 Å². The van der Waals surface area contributed by atoms with Crippen molar-refractivity contribution in [1.82, 2.24) is 19.8 Å². The van der Waals surface area contributed by atoms with Crippen LogP contribution in [0, 0.1) is 6.92 Å². The summed E-state index contributed by atoms with van der Waals surface area (Å²) in [5.74, 6) is 0. The van der Waals surface area contributed by atoms with Crippen molar-refractivity contribution in [3.63, 3.8) is 0 Å². The van der Waals surface area contributed by atoms with Crippen LogP contribution in [0.25, 0.3) is 5.69 Å². The van der Waals surface area contributed by atoms with Gasteiger partial charge in [-0.2, -0.15) is 0 Å². The second-order valence-electron chi connectivity index (χ2n) is 7.20. The number of nitrogens with one attached hydrogen (secondary N) is 1. The second-order valence-corrected chi connectivity index (χ2v) is 7.58. The Hall–Kier alpha value is -2.66. The van der Waals surface area contributed by atoms with Crippen LogP contribution in [0.4, 0.5) is 0 Å². The third kappa shape index (κ3) is 3.12. The third-order valence-electron chi connectivity index (χ3n) is 5.12. The van der Waals surface area contributed by atoms with E-state index in [0.717, 1.165) is 16.5 Å². The van der Waals surface area contributed by atoms with Crippen molar-refractivity contribution in [1.29, 1.82) is 0 Å². The van der Waals surface area contributed by atoms with E-state index in [1.165, 1.54) is 11.4 Å². The number of aryl methyl sites for hydroxylation is 1. The monoisotopic (exact) mass is 376 g/mol. The van der Waals surface area contributed by atoms with Crippen molar-refractivity contribution >= 4 is 17.3 Å². The van der Waals surface area contributed by atoms with Gasteiger partial charge in [0.05, 0.1) is 17.8 Å². The molecular weight excluding hydrogens is 352 g/mol. The summed E-state index contributed by atoms with van der Waals surface area (Å²) in [4.78, 5) is 6.91. The molecule has 0 unspecified atom stereocenters. The molecule has 138 valence electrons. The topological polar surface area (TPSA) is 33.1 Å². The van der Waals surface area contributed by atoms with E-state index >= 15 is 0 Å². The van der Waals surface area contributed by atoms with Gasteiger partial charge in [0.25, 0.3) is 0 Å². The van der Waals surface area contributed by atoms with Crippen LogP contribution in [0.1, 0.15) is 43.0 Å². The maximum Gasteiger partial charge on any atom is 0.170 e. The quantitative estimate of drug-likeness (QED) is 0.677. The largest absolute Gasteiger partial charge is 0.352 e. The van der Waals surface area contributed by atoms with Crippen LogP contribution in [0.5, 0.6) is 0 Å². The Balaban J connectivity index is 1.88. The van der Waals surface area contributed by atoms with Crippen LogP contribution >= 0.6 is 12.2 Å². The summed E-state index contributed by atoms with van der Waals surface area (Å²) in [5.41, 5.74) is 4.59. The van der Waals surface area contributed by atoms with E-state index in [1.54, 1.807) is 0 Å². The van der Waals surface area contributed by atoms with E-state index in [4.69, 9.17) is 12.2 Å². The van der Waals surface area contributed by atoms with E-state index < -0.39 is 0 Å². The number of nitrogens with zero attached hydrogens (tertiary/aromatic N) is 3. The molecule has 0 aliphatic carbocycles. The fraction of sp³-hybridized carbons (Fsp3) is 0.273. The van der Waals surface area contributed by atoms with Crippen LogP contribution in [-0.4, -0.2) is 25.6 Å². The zero-order chi connectivity index (χ0) is 19.0. The highest BCUT2D eigenvalue weighted by Gasteiger charge is 2.42. The lowest BCUT2D eigenvalue weighted by Crippen LogP contribution is -2.36. The average Bonchev–Trinajstić information content (AvgIpc) is 3.22. The highest BCUT2D eigenvalue weighted by Crippen LogP contribution is 2.41. The molecule has 3 aromatic rings. The van der Waals surface area contributed by atoms with Crippen LogP contribution in [-0.2, 0) is 0 Å². The van der Waals surface area contributed by atoms with E-state index in [9.17, 15) is 0 Å². The number of benzene rings is 1. The lowest BCUT2D eigenvalue weighted by molar-refractivity contribution is 0.262. The van der Waals surface area contributed by atoms with Crippen LogP contribution in [0.15, 0.2) is 66.9 Å². The summed E-state index contributed by atoms with van der Waals surface area (Å²) in [7, 11) is 0. The Morgan fingerprint density at radius 2 is 1.74 bits per heavy atom. The summed E-state index contributed by atoms with van der Waals surface area (Å²) in [6, 6.07) is 21.3. The van der Waals surface area contributed by atoms with Crippen molar-refractivity contribution < 1.29 is 0 Å². The molecule has 0 radical (unpaired) electrons. The predicted octanol–water partition coefficient (Wildman–Crippen LogP) is 4.56. The first-order valence-corrected chi connectivity index (χ1v) is 9.72. The minimum Gasteiger partial charge on any atom is -0.352 e. The molecule has 5 heteroatoms. The maximum absolute atomic E-state index is 5.72. The van der Waals surface area contributed by atoms with Crippen molar-refractivity contribution in [3.05, 3.63) is 83.9 Å². The molecule has 1 aliphatic rings. The molecule has 0 saturated carbocycles. The van der Waals surface area contributed by atoms with Gasteiger partial charge in [-0.25, -0.2) is 0 Å². The summed E-state index contributed by atoms with van der Waals surface area (Å²) in [6.45, 7) is 6.52. The molecule has 1 saturated heterocycles. The number of pyridine rings is 1. The highest BCUT2D eigenvalue weighted by molar-refractivity contribution is 7.80. The van der Waals surface area contributed by atoms with Gasteiger partial charge in [0.1, 0.15) is 0 Å². The van der Waals surface area contributed by atoms with Gasteiger partial charge in [0, 0.05) is 29.3 Å². The van der Waals surface area contributed by atoms with Gasteiger partial charge in [-0.15, -0.1) is 0 Å². The lowest BCUT2D eigenvalue weighted by atomic mass is 10.0. The molecule has 0 spiro atoms. The standard InChI is InChI=1S/C22H24N4S/c1-15(2)25-21(20(24-22(25)27)18-11-7-8-14-23-18)19-13-12-16(3)26(19)17-9-5-4-6-10-17/h4-15,20-21H,1-3H3,(H,24,27)/t20-,21+/m0/s1.